The highest BCUT2D eigenvalue weighted by Gasteiger charge is 1.92. The molecule has 0 aliphatic carbocycles. The van der Waals surface area contributed by atoms with Crippen LogP contribution in [0.3, 0.4) is 0 Å². The third kappa shape index (κ3) is 2.89. The summed E-state index contributed by atoms with van der Waals surface area (Å²) in [6, 6.07) is 12.0. The molecule has 1 aromatic heterocycles. The number of nitrogens with zero attached hydrogens (tertiary/aromatic N) is 1. The summed E-state index contributed by atoms with van der Waals surface area (Å²) in [6.45, 7) is 0.774. The van der Waals surface area contributed by atoms with Gasteiger partial charge in [0.1, 0.15) is 5.82 Å². The molecule has 1 aromatic carbocycles. The average molecular weight is 217 g/mol. The molecule has 0 radical (unpaired) electrons. The standard InChI is InChI=1S/C11H11N3S/c15-11-12-7-6-10(14-11)13-8-9-4-2-1-3-5-9/h1-7H,8H2,(H2,12,13,14,15). The van der Waals surface area contributed by atoms with E-state index in [0.29, 0.717) is 4.77 Å². The normalized spacial score (nSPS) is 9.87. The largest absolute Gasteiger partial charge is 0.367 e. The highest BCUT2D eigenvalue weighted by Crippen LogP contribution is 2.04. The molecule has 0 atom stereocenters. The molecule has 4 heteroatoms. The third-order valence-electron chi connectivity index (χ3n) is 2.00. The van der Waals surface area contributed by atoms with E-state index in [1.54, 1.807) is 6.20 Å². The second kappa shape index (κ2) is 4.70. The smallest absolute Gasteiger partial charge is 0.198 e. The van der Waals surface area contributed by atoms with E-state index in [1.807, 2.05) is 24.3 Å². The molecule has 3 nitrogen and oxygen atoms in total. The van der Waals surface area contributed by atoms with E-state index < -0.39 is 0 Å². The summed E-state index contributed by atoms with van der Waals surface area (Å²) in [5.74, 6) is 0.888. The molecule has 15 heavy (non-hydrogen) atoms. The van der Waals surface area contributed by atoms with Gasteiger partial charge in [0.05, 0.1) is 0 Å². The van der Waals surface area contributed by atoms with Crippen molar-refractivity contribution in [3.05, 3.63) is 52.9 Å². The van der Waals surface area contributed by atoms with Crippen molar-refractivity contribution in [2.45, 2.75) is 6.54 Å². The van der Waals surface area contributed by atoms with E-state index in [2.05, 4.69) is 27.4 Å². The van der Waals surface area contributed by atoms with E-state index in [9.17, 15) is 0 Å². The van der Waals surface area contributed by atoms with Crippen LogP contribution in [0.2, 0.25) is 0 Å². The lowest BCUT2D eigenvalue weighted by molar-refractivity contribution is 1.07. The molecular formula is C11H11N3S. The predicted molar refractivity (Wildman–Crippen MR) is 63.2 cm³/mol. The van der Waals surface area contributed by atoms with Crippen molar-refractivity contribution >= 4 is 18.0 Å². The van der Waals surface area contributed by atoms with Gasteiger partial charge in [-0.2, -0.15) is 0 Å². The fourth-order valence-corrected chi connectivity index (χ4v) is 1.44. The molecule has 0 aliphatic rings. The van der Waals surface area contributed by atoms with Crippen LogP contribution in [0.15, 0.2) is 42.6 Å². The molecular weight excluding hydrogens is 206 g/mol. The second-order valence-corrected chi connectivity index (χ2v) is 3.51. The maximum absolute atomic E-state index is 4.92. The number of anilines is 1. The van der Waals surface area contributed by atoms with Gasteiger partial charge in [-0.05, 0) is 23.8 Å². The molecule has 2 N–H and O–H groups in total. The summed E-state index contributed by atoms with van der Waals surface area (Å²) in [6.07, 6.45) is 1.69. The van der Waals surface area contributed by atoms with Gasteiger partial charge in [-0.3, -0.25) is 0 Å². The van der Waals surface area contributed by atoms with Crippen molar-refractivity contribution in [3.63, 3.8) is 0 Å². The van der Waals surface area contributed by atoms with Crippen LogP contribution in [-0.4, -0.2) is 9.97 Å². The first kappa shape index (κ1) is 9.86. The van der Waals surface area contributed by atoms with Gasteiger partial charge in [0.2, 0.25) is 0 Å². The quantitative estimate of drug-likeness (QED) is 0.777. The number of hydrogen-bond donors (Lipinski definition) is 2. The highest BCUT2D eigenvalue weighted by atomic mass is 32.1. The first-order valence-corrected chi connectivity index (χ1v) is 5.08. The van der Waals surface area contributed by atoms with Gasteiger partial charge in [0, 0.05) is 12.7 Å². The predicted octanol–water partition coefficient (Wildman–Crippen LogP) is 2.75. The Labute approximate surface area is 93.2 Å². The zero-order valence-corrected chi connectivity index (χ0v) is 8.92. The van der Waals surface area contributed by atoms with Crippen molar-refractivity contribution in [3.8, 4) is 0 Å². The fourth-order valence-electron chi connectivity index (χ4n) is 1.26. The van der Waals surface area contributed by atoms with Crippen molar-refractivity contribution in [2.75, 3.05) is 5.32 Å². The molecule has 1 heterocycles. The number of hydrogen-bond acceptors (Lipinski definition) is 3. The Morgan fingerprint density at radius 3 is 2.73 bits per heavy atom. The van der Waals surface area contributed by atoms with Crippen LogP contribution < -0.4 is 5.32 Å². The maximum Gasteiger partial charge on any atom is 0.198 e. The number of aromatic nitrogens is 2. The first-order valence-electron chi connectivity index (χ1n) is 4.68. The Hall–Kier alpha value is -1.68. The summed E-state index contributed by atoms with van der Waals surface area (Å²) in [5, 5.41) is 3.24. The minimum atomic E-state index is 0.494. The van der Waals surface area contributed by atoms with E-state index in [1.165, 1.54) is 5.56 Å². The van der Waals surface area contributed by atoms with Crippen LogP contribution >= 0.6 is 12.2 Å². The van der Waals surface area contributed by atoms with Crippen molar-refractivity contribution in [1.29, 1.82) is 0 Å². The summed E-state index contributed by atoms with van der Waals surface area (Å²) in [4.78, 5) is 6.88. The molecule has 2 rings (SSSR count). The van der Waals surface area contributed by atoms with Gasteiger partial charge in [0.15, 0.2) is 4.77 Å². The van der Waals surface area contributed by atoms with Gasteiger partial charge in [-0.15, -0.1) is 0 Å². The summed E-state index contributed by atoms with van der Waals surface area (Å²) in [5.41, 5.74) is 1.23. The van der Waals surface area contributed by atoms with Gasteiger partial charge in [-0.25, -0.2) is 4.98 Å². The lowest BCUT2D eigenvalue weighted by Gasteiger charge is -2.05. The maximum atomic E-state index is 4.92. The number of nitrogens with one attached hydrogen (secondary N) is 2. The van der Waals surface area contributed by atoms with Crippen molar-refractivity contribution in [2.24, 2.45) is 0 Å². The van der Waals surface area contributed by atoms with Gasteiger partial charge >= 0.3 is 0 Å². The summed E-state index contributed by atoms with van der Waals surface area (Å²) < 4.78 is 0.494. The fraction of sp³-hybridized carbons (Fsp3) is 0.0909. The summed E-state index contributed by atoms with van der Waals surface area (Å²) >= 11 is 4.92. The zero-order chi connectivity index (χ0) is 10.5. The highest BCUT2D eigenvalue weighted by molar-refractivity contribution is 7.71. The first-order chi connectivity index (χ1) is 7.34. The second-order valence-electron chi connectivity index (χ2n) is 3.13. The third-order valence-corrected chi connectivity index (χ3v) is 2.21. The average Bonchev–Trinajstić information content (AvgIpc) is 2.28. The lowest BCUT2D eigenvalue weighted by atomic mass is 10.2. The van der Waals surface area contributed by atoms with Gasteiger partial charge in [-0.1, -0.05) is 30.3 Å². The zero-order valence-electron chi connectivity index (χ0n) is 8.10. The molecule has 0 bridgehead atoms. The van der Waals surface area contributed by atoms with E-state index in [0.717, 1.165) is 12.4 Å². The Kier molecular flexibility index (Phi) is 3.09. The molecule has 0 saturated heterocycles. The monoisotopic (exact) mass is 217 g/mol. The molecule has 76 valence electrons. The van der Waals surface area contributed by atoms with Crippen LogP contribution in [0.25, 0.3) is 0 Å². The number of aromatic amines is 1. The minimum Gasteiger partial charge on any atom is -0.367 e. The molecule has 0 saturated carbocycles. The Balaban J connectivity index is 2.02. The number of benzene rings is 1. The topological polar surface area (TPSA) is 40.7 Å². The van der Waals surface area contributed by atoms with Crippen LogP contribution in [0.4, 0.5) is 5.82 Å². The molecule has 2 aromatic rings. The van der Waals surface area contributed by atoms with Crippen LogP contribution in [0, 0.1) is 4.77 Å². The van der Waals surface area contributed by atoms with Gasteiger partial charge in [0.25, 0.3) is 0 Å². The number of H-pyrrole nitrogens is 1. The van der Waals surface area contributed by atoms with E-state index >= 15 is 0 Å². The minimum absolute atomic E-state index is 0.494. The number of rotatable bonds is 3. The summed E-state index contributed by atoms with van der Waals surface area (Å²) in [7, 11) is 0. The lowest BCUT2D eigenvalue weighted by Crippen LogP contribution is -2.01. The van der Waals surface area contributed by atoms with Crippen LogP contribution in [0.1, 0.15) is 5.56 Å². The molecule has 0 aliphatic heterocycles. The Morgan fingerprint density at radius 1 is 1.20 bits per heavy atom. The molecule has 0 unspecified atom stereocenters. The Bertz CT molecular complexity index is 478. The van der Waals surface area contributed by atoms with Crippen LogP contribution in [-0.2, 0) is 6.54 Å². The Morgan fingerprint density at radius 2 is 2.00 bits per heavy atom. The molecule has 0 spiro atoms. The SMILES string of the molecule is S=c1nccc(NCc2ccccc2)[nH]1. The molecule has 0 fully saturated rings. The van der Waals surface area contributed by atoms with Crippen molar-refractivity contribution in [1.82, 2.24) is 9.97 Å². The van der Waals surface area contributed by atoms with Crippen LogP contribution in [0.5, 0.6) is 0 Å². The van der Waals surface area contributed by atoms with Crippen molar-refractivity contribution < 1.29 is 0 Å². The van der Waals surface area contributed by atoms with E-state index in [4.69, 9.17) is 12.2 Å². The molecule has 0 amide bonds. The van der Waals surface area contributed by atoms with E-state index in [-0.39, 0.29) is 0 Å². The van der Waals surface area contributed by atoms with Gasteiger partial charge < -0.3 is 10.3 Å².